The summed E-state index contributed by atoms with van der Waals surface area (Å²) < 4.78 is 0. The van der Waals surface area contributed by atoms with Crippen LogP contribution in [-0.2, 0) is 5.54 Å². The molecule has 0 atom stereocenters. The maximum atomic E-state index is 5.87. The monoisotopic (exact) mass is 169 g/mol. The van der Waals surface area contributed by atoms with Gasteiger partial charge in [-0.05, 0) is 31.5 Å². The third kappa shape index (κ3) is 2.21. The average Bonchev–Trinajstić information content (AvgIpc) is 1.86. The van der Waals surface area contributed by atoms with Gasteiger partial charge in [-0.25, -0.2) is 0 Å². The van der Waals surface area contributed by atoms with Crippen LogP contribution in [0.4, 0.5) is 0 Å². The Labute approximate surface area is 72.2 Å². The molecule has 0 heterocycles. The minimum atomic E-state index is -0.301. The zero-order valence-corrected chi connectivity index (χ0v) is 7.52. The molecule has 0 amide bonds. The fraction of sp³-hybridized carbons (Fsp3) is 0.333. The molecule has 0 fully saturated rings. The zero-order valence-electron chi connectivity index (χ0n) is 6.76. The maximum absolute atomic E-state index is 5.87. The van der Waals surface area contributed by atoms with Gasteiger partial charge in [0.15, 0.2) is 0 Å². The van der Waals surface area contributed by atoms with E-state index in [1.807, 2.05) is 38.1 Å². The highest BCUT2D eigenvalue weighted by Crippen LogP contribution is 2.19. The first kappa shape index (κ1) is 8.57. The Balaban J connectivity index is 3.06. The van der Waals surface area contributed by atoms with Gasteiger partial charge < -0.3 is 5.73 Å². The highest BCUT2D eigenvalue weighted by Gasteiger charge is 2.13. The maximum Gasteiger partial charge on any atom is 0.0409 e. The van der Waals surface area contributed by atoms with E-state index in [0.29, 0.717) is 0 Å². The Kier molecular flexibility index (Phi) is 2.21. The van der Waals surface area contributed by atoms with Crippen LogP contribution in [0, 0.1) is 0 Å². The quantitative estimate of drug-likeness (QED) is 0.687. The van der Waals surface area contributed by atoms with Crippen LogP contribution in [0.5, 0.6) is 0 Å². The van der Waals surface area contributed by atoms with Gasteiger partial charge in [-0.15, -0.1) is 0 Å². The summed E-state index contributed by atoms with van der Waals surface area (Å²) in [6.45, 7) is 3.91. The first-order valence-corrected chi connectivity index (χ1v) is 3.93. The first-order chi connectivity index (χ1) is 5.00. The van der Waals surface area contributed by atoms with Crippen molar-refractivity contribution >= 4 is 11.6 Å². The van der Waals surface area contributed by atoms with E-state index in [2.05, 4.69) is 0 Å². The Morgan fingerprint density at radius 2 is 2.00 bits per heavy atom. The van der Waals surface area contributed by atoms with Crippen LogP contribution in [0.15, 0.2) is 24.3 Å². The second kappa shape index (κ2) is 2.84. The topological polar surface area (TPSA) is 26.0 Å². The van der Waals surface area contributed by atoms with E-state index in [1.165, 1.54) is 0 Å². The van der Waals surface area contributed by atoms with Crippen molar-refractivity contribution in [2.24, 2.45) is 5.73 Å². The summed E-state index contributed by atoms with van der Waals surface area (Å²) in [6, 6.07) is 7.62. The van der Waals surface area contributed by atoms with Gasteiger partial charge in [0.25, 0.3) is 0 Å². The second-order valence-electron chi connectivity index (χ2n) is 3.23. The molecule has 0 aromatic heterocycles. The van der Waals surface area contributed by atoms with Gasteiger partial charge in [0.05, 0.1) is 0 Å². The van der Waals surface area contributed by atoms with Crippen molar-refractivity contribution in [3.63, 3.8) is 0 Å². The largest absolute Gasteiger partial charge is 0.322 e. The Morgan fingerprint density at radius 3 is 2.36 bits per heavy atom. The van der Waals surface area contributed by atoms with Crippen molar-refractivity contribution in [3.05, 3.63) is 34.9 Å². The fourth-order valence-corrected chi connectivity index (χ4v) is 1.08. The molecule has 1 rings (SSSR count). The molecule has 0 radical (unpaired) electrons. The Hall–Kier alpha value is -0.530. The molecular weight excluding hydrogens is 158 g/mol. The molecule has 1 aromatic carbocycles. The van der Waals surface area contributed by atoms with Crippen LogP contribution in [0.2, 0.25) is 5.02 Å². The summed E-state index contributed by atoms with van der Waals surface area (Å²) in [5, 5.41) is 0.737. The predicted molar refractivity (Wildman–Crippen MR) is 48.7 cm³/mol. The molecule has 11 heavy (non-hydrogen) atoms. The Morgan fingerprint density at radius 1 is 1.36 bits per heavy atom. The normalized spacial score (nSPS) is 11.6. The third-order valence-electron chi connectivity index (χ3n) is 1.57. The molecule has 0 spiro atoms. The lowest BCUT2D eigenvalue weighted by Crippen LogP contribution is -2.28. The van der Waals surface area contributed by atoms with Gasteiger partial charge >= 0.3 is 0 Å². The number of benzene rings is 1. The molecule has 0 saturated heterocycles. The lowest BCUT2D eigenvalue weighted by atomic mass is 9.96. The summed E-state index contributed by atoms with van der Waals surface area (Å²) in [6.07, 6.45) is 0. The van der Waals surface area contributed by atoms with Gasteiger partial charge in [0.2, 0.25) is 0 Å². The van der Waals surface area contributed by atoms with Gasteiger partial charge in [0, 0.05) is 10.6 Å². The molecule has 0 aliphatic heterocycles. The lowest BCUT2D eigenvalue weighted by molar-refractivity contribution is 0.554. The second-order valence-corrected chi connectivity index (χ2v) is 3.67. The van der Waals surface area contributed by atoms with E-state index < -0.39 is 0 Å². The SMILES string of the molecule is CC(C)(N)c1cccc(Cl)c1. The summed E-state index contributed by atoms with van der Waals surface area (Å²) in [5.41, 5.74) is 6.63. The highest BCUT2D eigenvalue weighted by molar-refractivity contribution is 6.30. The van der Waals surface area contributed by atoms with Crippen molar-refractivity contribution in [2.75, 3.05) is 0 Å². The standard InChI is InChI=1S/C9H12ClN/c1-9(2,11)7-4-3-5-8(10)6-7/h3-6H,11H2,1-2H3. The van der Waals surface area contributed by atoms with Crippen LogP contribution >= 0.6 is 11.6 Å². The van der Waals surface area contributed by atoms with Crippen molar-refractivity contribution in [1.29, 1.82) is 0 Å². The van der Waals surface area contributed by atoms with E-state index in [-0.39, 0.29) is 5.54 Å². The molecule has 1 aromatic rings. The van der Waals surface area contributed by atoms with Crippen molar-refractivity contribution in [3.8, 4) is 0 Å². The minimum Gasteiger partial charge on any atom is -0.322 e. The summed E-state index contributed by atoms with van der Waals surface area (Å²) >= 11 is 5.80. The number of halogens is 1. The fourth-order valence-electron chi connectivity index (χ4n) is 0.889. The molecule has 2 heteroatoms. The van der Waals surface area contributed by atoms with E-state index in [1.54, 1.807) is 0 Å². The summed E-state index contributed by atoms with van der Waals surface area (Å²) in [4.78, 5) is 0. The highest BCUT2D eigenvalue weighted by atomic mass is 35.5. The zero-order chi connectivity index (χ0) is 8.48. The minimum absolute atomic E-state index is 0.301. The predicted octanol–water partition coefficient (Wildman–Crippen LogP) is 2.53. The van der Waals surface area contributed by atoms with Crippen LogP contribution in [-0.4, -0.2) is 0 Å². The molecule has 0 unspecified atom stereocenters. The molecular formula is C9H12ClN. The number of hydrogen-bond donors (Lipinski definition) is 1. The lowest BCUT2D eigenvalue weighted by Gasteiger charge is -2.18. The van der Waals surface area contributed by atoms with Crippen molar-refractivity contribution in [1.82, 2.24) is 0 Å². The number of rotatable bonds is 1. The Bertz CT molecular complexity index is 250. The van der Waals surface area contributed by atoms with Crippen LogP contribution in [0.3, 0.4) is 0 Å². The van der Waals surface area contributed by atoms with Crippen molar-refractivity contribution < 1.29 is 0 Å². The van der Waals surface area contributed by atoms with Gasteiger partial charge in [-0.2, -0.15) is 0 Å². The molecule has 0 saturated carbocycles. The molecule has 0 bridgehead atoms. The van der Waals surface area contributed by atoms with Crippen LogP contribution < -0.4 is 5.73 Å². The van der Waals surface area contributed by atoms with Crippen molar-refractivity contribution in [2.45, 2.75) is 19.4 Å². The molecule has 0 aliphatic carbocycles. The third-order valence-corrected chi connectivity index (χ3v) is 1.80. The molecule has 1 nitrogen and oxygen atoms in total. The van der Waals surface area contributed by atoms with Gasteiger partial charge in [-0.3, -0.25) is 0 Å². The van der Waals surface area contributed by atoms with Crippen LogP contribution in [0.1, 0.15) is 19.4 Å². The number of hydrogen-bond acceptors (Lipinski definition) is 1. The van der Waals surface area contributed by atoms with E-state index in [0.717, 1.165) is 10.6 Å². The smallest absolute Gasteiger partial charge is 0.0409 e. The van der Waals surface area contributed by atoms with E-state index >= 15 is 0 Å². The number of nitrogens with two attached hydrogens (primary N) is 1. The molecule has 60 valence electrons. The first-order valence-electron chi connectivity index (χ1n) is 3.55. The average molecular weight is 170 g/mol. The van der Waals surface area contributed by atoms with Crippen LogP contribution in [0.25, 0.3) is 0 Å². The molecule has 0 aliphatic rings. The van der Waals surface area contributed by atoms with E-state index in [4.69, 9.17) is 17.3 Å². The van der Waals surface area contributed by atoms with E-state index in [9.17, 15) is 0 Å². The summed E-state index contributed by atoms with van der Waals surface area (Å²) in [7, 11) is 0. The van der Waals surface area contributed by atoms with Gasteiger partial charge in [-0.1, -0.05) is 23.7 Å². The summed E-state index contributed by atoms with van der Waals surface area (Å²) in [5.74, 6) is 0. The molecule has 2 N–H and O–H groups in total. The van der Waals surface area contributed by atoms with Gasteiger partial charge in [0.1, 0.15) is 0 Å².